The molecule has 0 spiro atoms. The lowest BCUT2D eigenvalue weighted by Crippen LogP contribution is -2.03. The number of aryl methyl sites for hydroxylation is 1. The normalized spacial score (nSPS) is 14.3. The number of nitrogens with zero attached hydrogens (tertiary/aromatic N) is 5. The fourth-order valence-corrected chi connectivity index (χ4v) is 2.73. The van der Waals surface area contributed by atoms with Gasteiger partial charge in [-0.2, -0.15) is 5.10 Å². The molecule has 0 amide bonds. The van der Waals surface area contributed by atoms with E-state index in [0.717, 1.165) is 36.0 Å². The first-order valence-corrected chi connectivity index (χ1v) is 6.13. The minimum absolute atomic E-state index is 0.617. The fraction of sp³-hybridized carbons (Fsp3) is 0.273. The zero-order chi connectivity index (χ0) is 12.1. The molecule has 4 rings (SSSR count). The van der Waals surface area contributed by atoms with Gasteiger partial charge in [0.15, 0.2) is 11.5 Å². The Bertz CT molecular complexity index is 743. The maximum atomic E-state index is 6.38. The molecule has 3 aromatic rings. The van der Waals surface area contributed by atoms with Gasteiger partial charge in [0.25, 0.3) is 0 Å². The third-order valence-electron chi connectivity index (χ3n) is 3.25. The molecule has 0 saturated carbocycles. The third kappa shape index (κ3) is 1.23. The number of imidazole rings is 1. The maximum Gasteiger partial charge on any atom is 0.184 e. The zero-order valence-electron chi connectivity index (χ0n) is 9.39. The maximum absolute atomic E-state index is 6.38. The van der Waals surface area contributed by atoms with E-state index in [1.54, 1.807) is 11.0 Å². The van der Waals surface area contributed by atoms with E-state index in [9.17, 15) is 0 Å². The molecular formula is C11H9ClN6. The van der Waals surface area contributed by atoms with Crippen LogP contribution in [0.25, 0.3) is 17.0 Å². The van der Waals surface area contributed by atoms with Crippen LogP contribution in [0.5, 0.6) is 0 Å². The molecule has 0 atom stereocenters. The van der Waals surface area contributed by atoms with Crippen molar-refractivity contribution in [1.82, 2.24) is 29.7 Å². The lowest BCUT2D eigenvalue weighted by molar-refractivity contribution is 0.786. The minimum atomic E-state index is 0.617. The Kier molecular flexibility index (Phi) is 1.96. The van der Waals surface area contributed by atoms with Gasteiger partial charge in [0.05, 0.1) is 12.0 Å². The van der Waals surface area contributed by atoms with Gasteiger partial charge in [-0.1, -0.05) is 11.6 Å². The van der Waals surface area contributed by atoms with Crippen LogP contribution in [0.4, 0.5) is 0 Å². The molecule has 1 N–H and O–H groups in total. The Morgan fingerprint density at radius 2 is 2.17 bits per heavy atom. The van der Waals surface area contributed by atoms with Crippen LogP contribution in [0.3, 0.4) is 0 Å². The van der Waals surface area contributed by atoms with E-state index in [2.05, 4.69) is 25.0 Å². The summed E-state index contributed by atoms with van der Waals surface area (Å²) in [5.74, 6) is 0.650. The highest BCUT2D eigenvalue weighted by Gasteiger charge is 2.23. The van der Waals surface area contributed by atoms with Crippen LogP contribution in [0.2, 0.25) is 5.15 Å². The molecule has 6 nitrogen and oxygen atoms in total. The lowest BCUT2D eigenvalue weighted by atomic mass is 10.3. The van der Waals surface area contributed by atoms with E-state index in [0.29, 0.717) is 16.6 Å². The van der Waals surface area contributed by atoms with Crippen LogP contribution >= 0.6 is 11.6 Å². The molecule has 0 aliphatic heterocycles. The molecule has 90 valence electrons. The minimum Gasteiger partial charge on any atom is -0.340 e. The van der Waals surface area contributed by atoms with Crippen LogP contribution in [0, 0.1) is 0 Å². The summed E-state index contributed by atoms with van der Waals surface area (Å²) < 4.78 is 1.67. The van der Waals surface area contributed by atoms with E-state index in [1.165, 1.54) is 6.33 Å². The van der Waals surface area contributed by atoms with Gasteiger partial charge >= 0.3 is 0 Å². The van der Waals surface area contributed by atoms with Crippen molar-refractivity contribution in [2.75, 3.05) is 0 Å². The van der Waals surface area contributed by atoms with Gasteiger partial charge < -0.3 is 4.98 Å². The number of nitrogens with one attached hydrogen (secondary N) is 1. The summed E-state index contributed by atoms with van der Waals surface area (Å²) in [4.78, 5) is 15.5. The molecule has 3 heterocycles. The number of halogens is 1. The highest BCUT2D eigenvalue weighted by molar-refractivity contribution is 6.30. The summed E-state index contributed by atoms with van der Waals surface area (Å²) in [5, 5.41) is 5.19. The largest absolute Gasteiger partial charge is 0.340 e. The van der Waals surface area contributed by atoms with Gasteiger partial charge in [-0.05, 0) is 19.3 Å². The molecule has 3 aromatic heterocycles. The van der Waals surface area contributed by atoms with Crippen LogP contribution in [0.15, 0.2) is 12.7 Å². The van der Waals surface area contributed by atoms with Crippen LogP contribution in [0.1, 0.15) is 17.7 Å². The standard InChI is InChI=1S/C11H9ClN6/c12-9-6-2-1-3-7(6)17-18(9)11-8-10(14-4-13-8)15-5-16-11/h4-5H,1-3H2,(H,13,14,15,16). The predicted molar refractivity (Wildman–Crippen MR) is 65.8 cm³/mol. The summed E-state index contributed by atoms with van der Waals surface area (Å²) in [5.41, 5.74) is 3.58. The number of hydrogen-bond acceptors (Lipinski definition) is 4. The van der Waals surface area contributed by atoms with Crippen molar-refractivity contribution in [1.29, 1.82) is 0 Å². The highest BCUT2D eigenvalue weighted by Crippen LogP contribution is 2.30. The fourth-order valence-electron chi connectivity index (χ4n) is 2.41. The van der Waals surface area contributed by atoms with Crippen molar-refractivity contribution in [2.24, 2.45) is 0 Å². The molecule has 0 fully saturated rings. The van der Waals surface area contributed by atoms with E-state index < -0.39 is 0 Å². The summed E-state index contributed by atoms with van der Waals surface area (Å²) in [6.07, 6.45) is 6.17. The number of aromatic amines is 1. The summed E-state index contributed by atoms with van der Waals surface area (Å²) >= 11 is 6.38. The van der Waals surface area contributed by atoms with Crippen molar-refractivity contribution in [3.05, 3.63) is 29.1 Å². The predicted octanol–water partition coefficient (Wildman–Crippen LogP) is 1.68. The van der Waals surface area contributed by atoms with E-state index in [1.807, 2.05) is 0 Å². The number of hydrogen-bond donors (Lipinski definition) is 1. The average molecular weight is 261 g/mol. The first-order valence-electron chi connectivity index (χ1n) is 5.75. The number of fused-ring (bicyclic) bond motifs is 2. The van der Waals surface area contributed by atoms with E-state index in [4.69, 9.17) is 11.6 Å². The van der Waals surface area contributed by atoms with Crippen LogP contribution in [-0.2, 0) is 12.8 Å². The highest BCUT2D eigenvalue weighted by atomic mass is 35.5. The van der Waals surface area contributed by atoms with Crippen LogP contribution < -0.4 is 0 Å². The Morgan fingerprint density at radius 3 is 3.06 bits per heavy atom. The van der Waals surface area contributed by atoms with Crippen LogP contribution in [-0.4, -0.2) is 29.7 Å². The first kappa shape index (κ1) is 10.0. The second kappa shape index (κ2) is 3.52. The first-order chi connectivity index (χ1) is 8.84. The van der Waals surface area contributed by atoms with Gasteiger partial charge in [-0.25, -0.2) is 19.6 Å². The van der Waals surface area contributed by atoms with Gasteiger partial charge in [0.1, 0.15) is 17.0 Å². The average Bonchev–Trinajstić information content (AvgIpc) is 3.06. The van der Waals surface area contributed by atoms with E-state index >= 15 is 0 Å². The summed E-state index contributed by atoms with van der Waals surface area (Å²) in [7, 11) is 0. The summed E-state index contributed by atoms with van der Waals surface area (Å²) in [6.45, 7) is 0. The monoisotopic (exact) mass is 260 g/mol. The van der Waals surface area contributed by atoms with Crippen molar-refractivity contribution in [3.8, 4) is 5.82 Å². The van der Waals surface area contributed by atoms with E-state index in [-0.39, 0.29) is 0 Å². The quantitative estimate of drug-likeness (QED) is 0.723. The number of rotatable bonds is 1. The van der Waals surface area contributed by atoms with Crippen molar-refractivity contribution < 1.29 is 0 Å². The molecule has 1 aliphatic rings. The lowest BCUT2D eigenvalue weighted by Gasteiger charge is -2.03. The third-order valence-corrected chi connectivity index (χ3v) is 3.64. The van der Waals surface area contributed by atoms with Gasteiger partial charge in [0, 0.05) is 5.56 Å². The zero-order valence-corrected chi connectivity index (χ0v) is 10.1. The smallest absolute Gasteiger partial charge is 0.184 e. The SMILES string of the molecule is Clc1c2c(nn1-c1ncnc3nc[nH]c13)CCC2. The number of H-pyrrole nitrogens is 1. The molecule has 1 aliphatic carbocycles. The number of aromatic nitrogens is 6. The topological polar surface area (TPSA) is 72.3 Å². The molecule has 0 saturated heterocycles. The second-order valence-corrected chi connectivity index (χ2v) is 4.64. The molecule has 0 aromatic carbocycles. The summed E-state index contributed by atoms with van der Waals surface area (Å²) in [6, 6.07) is 0. The molecule has 7 heteroatoms. The van der Waals surface area contributed by atoms with Gasteiger partial charge in [-0.15, -0.1) is 0 Å². The second-order valence-electron chi connectivity index (χ2n) is 4.28. The Balaban J connectivity index is 2.00. The molecule has 0 unspecified atom stereocenters. The van der Waals surface area contributed by atoms with Gasteiger partial charge in [0.2, 0.25) is 0 Å². The van der Waals surface area contributed by atoms with Gasteiger partial charge in [-0.3, -0.25) is 0 Å². The Hall–Kier alpha value is -1.95. The molecular weight excluding hydrogens is 252 g/mol. The molecule has 18 heavy (non-hydrogen) atoms. The van der Waals surface area contributed by atoms with Crippen molar-refractivity contribution in [3.63, 3.8) is 0 Å². The molecule has 0 bridgehead atoms. The Labute approximate surface area is 107 Å². The van der Waals surface area contributed by atoms with Crippen molar-refractivity contribution in [2.45, 2.75) is 19.3 Å². The van der Waals surface area contributed by atoms with Crippen molar-refractivity contribution >= 4 is 22.8 Å². The molecule has 0 radical (unpaired) electrons. The Morgan fingerprint density at radius 1 is 1.22 bits per heavy atom.